The van der Waals surface area contributed by atoms with Crippen molar-refractivity contribution < 1.29 is 19.4 Å². The van der Waals surface area contributed by atoms with Gasteiger partial charge in [0.2, 0.25) is 11.9 Å². The van der Waals surface area contributed by atoms with Gasteiger partial charge in [0.05, 0.1) is 5.97 Å². The molecule has 0 saturated heterocycles. The number of carbonyl (C=O) groups excluding carboxylic acids is 1. The molecule has 0 fully saturated rings. The summed E-state index contributed by atoms with van der Waals surface area (Å²) >= 11 is 0.935. The number of nitrogens with one attached hydrogen (secondary N) is 1. The highest BCUT2D eigenvalue weighted by Gasteiger charge is 2.13. The molecule has 0 amide bonds. The standard InChI is InChI=1S/C14H13N3O4S/c1-2-12-15-14(17-16-12)22-11(13(18)19)6-8-3-4-9-10(5-8)21-7-20-9/h3-6H,2,7H2,1H3,(H,18,19)(H,15,16,17)/p-1/b11-6-. The molecule has 0 unspecified atom stereocenters. The maximum Gasteiger partial charge on any atom is 0.231 e. The molecular formula is C14H12N3O4S-. The van der Waals surface area contributed by atoms with Gasteiger partial charge in [-0.1, -0.05) is 13.0 Å². The van der Waals surface area contributed by atoms with E-state index < -0.39 is 5.97 Å². The van der Waals surface area contributed by atoms with Crippen molar-refractivity contribution in [3.63, 3.8) is 0 Å². The lowest BCUT2D eigenvalue weighted by molar-refractivity contribution is -0.297. The predicted molar refractivity (Wildman–Crippen MR) is 77.2 cm³/mol. The number of thioether (sulfide) groups is 1. The first-order valence-corrected chi connectivity index (χ1v) is 7.39. The van der Waals surface area contributed by atoms with Crippen molar-refractivity contribution in [1.29, 1.82) is 0 Å². The fraction of sp³-hybridized carbons (Fsp3) is 0.214. The molecule has 8 heteroatoms. The van der Waals surface area contributed by atoms with Crippen LogP contribution in [0.2, 0.25) is 0 Å². The number of aryl methyl sites for hydroxylation is 1. The molecule has 1 aliphatic rings. The van der Waals surface area contributed by atoms with Gasteiger partial charge in [0, 0.05) is 11.3 Å². The van der Waals surface area contributed by atoms with E-state index in [0.29, 0.717) is 34.5 Å². The molecule has 0 radical (unpaired) electrons. The smallest absolute Gasteiger partial charge is 0.231 e. The van der Waals surface area contributed by atoms with Crippen LogP contribution in [0.15, 0.2) is 28.3 Å². The molecule has 0 saturated carbocycles. The molecule has 1 aromatic carbocycles. The van der Waals surface area contributed by atoms with Crippen molar-refractivity contribution in [3.8, 4) is 11.5 Å². The molecule has 3 rings (SSSR count). The molecular weight excluding hydrogens is 306 g/mol. The first-order chi connectivity index (χ1) is 10.7. The van der Waals surface area contributed by atoms with E-state index in [2.05, 4.69) is 15.2 Å². The van der Waals surface area contributed by atoms with E-state index in [4.69, 9.17) is 9.47 Å². The molecule has 0 aliphatic carbocycles. The number of benzene rings is 1. The predicted octanol–water partition coefficient (Wildman–Crippen LogP) is 0.979. The van der Waals surface area contributed by atoms with E-state index in [-0.39, 0.29) is 11.7 Å². The van der Waals surface area contributed by atoms with Crippen LogP contribution in [0.3, 0.4) is 0 Å². The number of carbonyl (C=O) groups is 1. The van der Waals surface area contributed by atoms with Gasteiger partial charge in [-0.2, -0.15) is 0 Å². The van der Waals surface area contributed by atoms with E-state index >= 15 is 0 Å². The fourth-order valence-corrected chi connectivity index (χ4v) is 2.59. The summed E-state index contributed by atoms with van der Waals surface area (Å²) in [5, 5.41) is 18.3. The minimum Gasteiger partial charge on any atom is -0.544 e. The van der Waals surface area contributed by atoms with Gasteiger partial charge >= 0.3 is 0 Å². The van der Waals surface area contributed by atoms with Gasteiger partial charge in [0.15, 0.2) is 11.5 Å². The molecule has 1 N–H and O–H groups in total. The lowest BCUT2D eigenvalue weighted by Gasteiger charge is -2.06. The zero-order chi connectivity index (χ0) is 15.5. The molecule has 2 aromatic rings. The van der Waals surface area contributed by atoms with Gasteiger partial charge in [-0.15, -0.1) is 5.10 Å². The first-order valence-electron chi connectivity index (χ1n) is 6.57. The van der Waals surface area contributed by atoms with E-state index in [1.807, 2.05) is 6.92 Å². The Bertz CT molecular complexity index is 741. The van der Waals surface area contributed by atoms with Crippen LogP contribution in [0.1, 0.15) is 18.3 Å². The summed E-state index contributed by atoms with van der Waals surface area (Å²) in [6, 6.07) is 5.18. The Morgan fingerprint density at radius 2 is 2.27 bits per heavy atom. The van der Waals surface area contributed by atoms with Crippen LogP contribution < -0.4 is 14.6 Å². The third kappa shape index (κ3) is 3.06. The summed E-state index contributed by atoms with van der Waals surface area (Å²) in [5.74, 6) is 0.637. The van der Waals surface area contributed by atoms with Gasteiger partial charge < -0.3 is 19.4 Å². The quantitative estimate of drug-likeness (QED) is 0.648. The van der Waals surface area contributed by atoms with Crippen molar-refractivity contribution in [2.45, 2.75) is 18.5 Å². The maximum absolute atomic E-state index is 11.3. The minimum atomic E-state index is -1.29. The van der Waals surface area contributed by atoms with Gasteiger partial charge in [0.1, 0.15) is 5.82 Å². The molecule has 114 valence electrons. The molecule has 0 bridgehead atoms. The second-order valence-corrected chi connectivity index (χ2v) is 5.44. The Balaban J connectivity index is 1.85. The number of carboxylic acids is 1. The summed E-state index contributed by atoms with van der Waals surface area (Å²) in [4.78, 5) is 15.5. The van der Waals surface area contributed by atoms with Crippen LogP contribution in [0.4, 0.5) is 0 Å². The van der Waals surface area contributed by atoms with Crippen LogP contribution in [0.5, 0.6) is 11.5 Å². The second-order valence-electron chi connectivity index (χ2n) is 4.43. The third-order valence-corrected chi connectivity index (χ3v) is 3.81. The summed E-state index contributed by atoms with van der Waals surface area (Å²) < 4.78 is 10.5. The Kier molecular flexibility index (Phi) is 4.01. The highest BCUT2D eigenvalue weighted by molar-refractivity contribution is 8.04. The Hall–Kier alpha value is -2.48. The molecule has 1 aromatic heterocycles. The maximum atomic E-state index is 11.3. The number of aromatic amines is 1. The number of hydrogen-bond donors (Lipinski definition) is 1. The van der Waals surface area contributed by atoms with Crippen molar-refractivity contribution in [2.75, 3.05) is 6.79 Å². The van der Waals surface area contributed by atoms with E-state index in [9.17, 15) is 9.90 Å². The normalized spacial score (nSPS) is 13.4. The summed E-state index contributed by atoms with van der Waals surface area (Å²) in [7, 11) is 0. The molecule has 2 heterocycles. The average Bonchev–Trinajstić information content (AvgIpc) is 3.14. The number of aromatic nitrogens is 3. The minimum absolute atomic E-state index is 0.0144. The van der Waals surface area contributed by atoms with Gasteiger partial charge in [0.25, 0.3) is 0 Å². The van der Waals surface area contributed by atoms with Crippen molar-refractivity contribution in [2.24, 2.45) is 0 Å². The van der Waals surface area contributed by atoms with Crippen LogP contribution in [-0.4, -0.2) is 27.9 Å². The topological polar surface area (TPSA) is 100 Å². The van der Waals surface area contributed by atoms with E-state index in [1.165, 1.54) is 6.08 Å². The SMILES string of the molecule is CCc1nc(S/C(=C\c2ccc3c(c2)OCO3)C(=O)[O-])n[nH]1. The molecule has 7 nitrogen and oxygen atoms in total. The number of hydrogen-bond acceptors (Lipinski definition) is 7. The number of H-pyrrole nitrogens is 1. The number of nitrogens with zero attached hydrogens (tertiary/aromatic N) is 2. The number of aliphatic carboxylic acids is 1. The number of carboxylic acid groups (broad SMARTS) is 1. The van der Waals surface area contributed by atoms with Gasteiger partial charge in [-0.3, -0.25) is 5.10 Å². The fourth-order valence-electron chi connectivity index (χ4n) is 1.86. The Morgan fingerprint density at radius 3 is 3.00 bits per heavy atom. The summed E-state index contributed by atoms with van der Waals surface area (Å²) in [6.07, 6.45) is 2.18. The van der Waals surface area contributed by atoms with Gasteiger partial charge in [-0.25, -0.2) is 4.98 Å². The first kappa shape index (κ1) is 14.5. The largest absolute Gasteiger partial charge is 0.544 e. The van der Waals surface area contributed by atoms with Crippen molar-refractivity contribution in [1.82, 2.24) is 15.2 Å². The van der Waals surface area contributed by atoms with Crippen molar-refractivity contribution in [3.05, 3.63) is 34.5 Å². The highest BCUT2D eigenvalue weighted by Crippen LogP contribution is 2.34. The van der Waals surface area contributed by atoms with E-state index in [0.717, 1.165) is 11.8 Å². The lowest BCUT2D eigenvalue weighted by Crippen LogP contribution is -2.23. The third-order valence-electron chi connectivity index (χ3n) is 2.94. The van der Waals surface area contributed by atoms with Crippen LogP contribution >= 0.6 is 11.8 Å². The zero-order valence-electron chi connectivity index (χ0n) is 11.7. The zero-order valence-corrected chi connectivity index (χ0v) is 12.5. The summed E-state index contributed by atoms with van der Waals surface area (Å²) in [6.45, 7) is 2.10. The monoisotopic (exact) mass is 318 g/mol. The second kappa shape index (κ2) is 6.10. The molecule has 22 heavy (non-hydrogen) atoms. The number of fused-ring (bicyclic) bond motifs is 1. The van der Waals surface area contributed by atoms with Crippen LogP contribution in [0, 0.1) is 0 Å². The number of ether oxygens (including phenoxy) is 2. The molecule has 0 spiro atoms. The Morgan fingerprint density at radius 1 is 1.45 bits per heavy atom. The highest BCUT2D eigenvalue weighted by atomic mass is 32.2. The average molecular weight is 318 g/mol. The van der Waals surface area contributed by atoms with Crippen LogP contribution in [0.25, 0.3) is 6.08 Å². The number of rotatable bonds is 5. The molecule has 0 atom stereocenters. The molecule has 1 aliphatic heterocycles. The Labute approximate surface area is 130 Å². The van der Waals surface area contributed by atoms with Crippen molar-refractivity contribution >= 4 is 23.8 Å². The van der Waals surface area contributed by atoms with E-state index in [1.54, 1.807) is 18.2 Å². The summed E-state index contributed by atoms with van der Waals surface area (Å²) in [5.41, 5.74) is 0.669. The van der Waals surface area contributed by atoms with Gasteiger partial charge in [-0.05, 0) is 35.5 Å². The van der Waals surface area contributed by atoms with Crippen LogP contribution in [-0.2, 0) is 11.2 Å². The lowest BCUT2D eigenvalue weighted by atomic mass is 10.2.